The van der Waals surface area contributed by atoms with E-state index in [9.17, 15) is 9.59 Å². The molecule has 0 radical (unpaired) electrons. The van der Waals surface area contributed by atoms with Crippen molar-refractivity contribution < 1.29 is 9.59 Å². The van der Waals surface area contributed by atoms with Crippen LogP contribution in [0.3, 0.4) is 0 Å². The van der Waals surface area contributed by atoms with Crippen molar-refractivity contribution >= 4 is 23.2 Å². The summed E-state index contributed by atoms with van der Waals surface area (Å²) in [7, 11) is 0. The summed E-state index contributed by atoms with van der Waals surface area (Å²) < 4.78 is 0. The number of nitrogens with zero attached hydrogens (tertiary/aromatic N) is 3. The Morgan fingerprint density at radius 2 is 1.70 bits per heavy atom. The number of carbonyl (C=O) groups is 2. The van der Waals surface area contributed by atoms with Crippen LogP contribution in [-0.4, -0.2) is 52.8 Å². The molecule has 1 saturated heterocycles. The van der Waals surface area contributed by atoms with Gasteiger partial charge in [0.15, 0.2) is 0 Å². The third-order valence-electron chi connectivity index (χ3n) is 5.41. The first-order valence-electron chi connectivity index (χ1n) is 9.57. The van der Waals surface area contributed by atoms with E-state index in [0.717, 1.165) is 29.1 Å². The molecule has 142 valence electrons. The smallest absolute Gasteiger partial charge is 0.265 e. The second-order valence-corrected chi connectivity index (χ2v) is 8.64. The van der Waals surface area contributed by atoms with Gasteiger partial charge < -0.3 is 9.80 Å². The van der Waals surface area contributed by atoms with Crippen molar-refractivity contribution in [1.82, 2.24) is 14.8 Å². The maximum Gasteiger partial charge on any atom is 0.265 e. The molecular formula is C21H25N3O2S. The molecule has 2 heterocycles. The Morgan fingerprint density at radius 3 is 2.33 bits per heavy atom. The molecule has 1 aromatic carbocycles. The number of piperazine rings is 1. The first-order valence-corrected chi connectivity index (χ1v) is 10.4. The van der Waals surface area contributed by atoms with E-state index in [1.54, 1.807) is 0 Å². The van der Waals surface area contributed by atoms with Gasteiger partial charge in [0, 0.05) is 37.7 Å². The Bertz CT molecular complexity index is 893. The SMILES string of the molecule is Cc1ccc(-c2nc(C)c(C(=O)N3CCN(C(=O)C4CC4)CC3)s2)c(C)c1. The van der Waals surface area contributed by atoms with Crippen LogP contribution in [0.25, 0.3) is 10.6 Å². The molecule has 2 amide bonds. The monoisotopic (exact) mass is 383 g/mol. The minimum absolute atomic E-state index is 0.0412. The van der Waals surface area contributed by atoms with E-state index in [-0.39, 0.29) is 17.7 Å². The summed E-state index contributed by atoms with van der Waals surface area (Å²) in [6.07, 6.45) is 2.05. The first kappa shape index (κ1) is 18.2. The number of hydrogen-bond donors (Lipinski definition) is 0. The van der Waals surface area contributed by atoms with Gasteiger partial charge in [0.1, 0.15) is 9.88 Å². The van der Waals surface area contributed by atoms with Crippen molar-refractivity contribution in [3.8, 4) is 10.6 Å². The second-order valence-electron chi connectivity index (χ2n) is 7.64. The van der Waals surface area contributed by atoms with E-state index in [4.69, 9.17) is 0 Å². The number of carbonyl (C=O) groups excluding carboxylic acids is 2. The lowest BCUT2D eigenvalue weighted by Gasteiger charge is -2.34. The molecule has 0 unspecified atom stereocenters. The Balaban J connectivity index is 1.48. The van der Waals surface area contributed by atoms with Gasteiger partial charge in [0.05, 0.1) is 5.69 Å². The Labute approximate surface area is 164 Å². The molecule has 0 spiro atoms. The molecule has 0 atom stereocenters. The molecule has 0 bridgehead atoms. The van der Waals surface area contributed by atoms with Crippen LogP contribution < -0.4 is 0 Å². The average molecular weight is 384 g/mol. The highest BCUT2D eigenvalue weighted by Crippen LogP contribution is 2.33. The molecule has 27 heavy (non-hydrogen) atoms. The largest absolute Gasteiger partial charge is 0.339 e. The fraction of sp³-hybridized carbons (Fsp3) is 0.476. The predicted octanol–water partition coefficient (Wildman–Crippen LogP) is 3.43. The minimum Gasteiger partial charge on any atom is -0.339 e. The maximum absolute atomic E-state index is 13.0. The van der Waals surface area contributed by atoms with Gasteiger partial charge >= 0.3 is 0 Å². The van der Waals surface area contributed by atoms with E-state index < -0.39 is 0 Å². The highest BCUT2D eigenvalue weighted by atomic mass is 32.1. The summed E-state index contributed by atoms with van der Waals surface area (Å²) >= 11 is 1.47. The van der Waals surface area contributed by atoms with Gasteiger partial charge in [-0.05, 0) is 39.2 Å². The van der Waals surface area contributed by atoms with Crippen LogP contribution in [0, 0.1) is 26.7 Å². The quantitative estimate of drug-likeness (QED) is 0.816. The van der Waals surface area contributed by atoms with Crippen LogP contribution in [-0.2, 0) is 4.79 Å². The molecular weight excluding hydrogens is 358 g/mol. The maximum atomic E-state index is 13.0. The fourth-order valence-electron chi connectivity index (χ4n) is 3.63. The Hall–Kier alpha value is -2.21. The van der Waals surface area contributed by atoms with Crippen LogP contribution in [0.4, 0.5) is 0 Å². The van der Waals surface area contributed by atoms with E-state index >= 15 is 0 Å². The van der Waals surface area contributed by atoms with Gasteiger partial charge in [-0.15, -0.1) is 11.3 Å². The number of hydrogen-bond acceptors (Lipinski definition) is 4. The summed E-state index contributed by atoms with van der Waals surface area (Å²) in [5.41, 5.74) is 4.28. The zero-order valence-corrected chi connectivity index (χ0v) is 16.9. The summed E-state index contributed by atoms with van der Waals surface area (Å²) in [5.74, 6) is 0.559. The topological polar surface area (TPSA) is 53.5 Å². The van der Waals surface area contributed by atoms with E-state index in [1.165, 1.54) is 22.5 Å². The molecule has 2 aliphatic rings. The number of benzene rings is 1. The second kappa shape index (κ2) is 7.08. The lowest BCUT2D eigenvalue weighted by Crippen LogP contribution is -2.51. The van der Waals surface area contributed by atoms with Gasteiger partial charge in [0.25, 0.3) is 5.91 Å². The molecule has 1 aliphatic carbocycles. The number of aromatic nitrogens is 1. The number of aryl methyl sites for hydroxylation is 3. The van der Waals surface area contributed by atoms with Crippen molar-refractivity contribution in [2.45, 2.75) is 33.6 Å². The van der Waals surface area contributed by atoms with Gasteiger partial charge in [-0.1, -0.05) is 23.8 Å². The van der Waals surface area contributed by atoms with Crippen LogP contribution in [0.15, 0.2) is 18.2 Å². The van der Waals surface area contributed by atoms with E-state index in [1.807, 2.05) is 16.7 Å². The highest BCUT2D eigenvalue weighted by molar-refractivity contribution is 7.17. The van der Waals surface area contributed by atoms with Gasteiger partial charge in [-0.25, -0.2) is 4.98 Å². The molecule has 5 nitrogen and oxygen atoms in total. The average Bonchev–Trinajstić information content (AvgIpc) is 3.43. The van der Waals surface area contributed by atoms with E-state index in [2.05, 4.69) is 37.0 Å². The summed E-state index contributed by atoms with van der Waals surface area (Å²) in [6, 6.07) is 6.31. The number of thiazole rings is 1. The number of amides is 2. The molecule has 6 heteroatoms. The molecule has 4 rings (SSSR count). The van der Waals surface area contributed by atoms with Crippen LogP contribution in [0.5, 0.6) is 0 Å². The van der Waals surface area contributed by atoms with Crippen LogP contribution >= 0.6 is 11.3 Å². The van der Waals surface area contributed by atoms with Gasteiger partial charge in [0.2, 0.25) is 5.91 Å². The first-order chi connectivity index (χ1) is 12.9. The summed E-state index contributed by atoms with van der Waals surface area (Å²) in [6.45, 7) is 8.56. The molecule has 2 fully saturated rings. The Morgan fingerprint density at radius 1 is 1.04 bits per heavy atom. The molecule has 1 saturated carbocycles. The molecule has 1 aromatic heterocycles. The molecule has 0 N–H and O–H groups in total. The van der Waals surface area contributed by atoms with Crippen molar-refractivity contribution in [2.24, 2.45) is 5.92 Å². The number of rotatable bonds is 3. The normalized spacial score (nSPS) is 17.3. The predicted molar refractivity (Wildman–Crippen MR) is 107 cm³/mol. The zero-order chi connectivity index (χ0) is 19.1. The summed E-state index contributed by atoms with van der Waals surface area (Å²) in [5, 5.41) is 0.899. The highest BCUT2D eigenvalue weighted by Gasteiger charge is 2.35. The molecule has 2 aromatic rings. The third-order valence-corrected chi connectivity index (χ3v) is 6.59. The zero-order valence-electron chi connectivity index (χ0n) is 16.1. The lowest BCUT2D eigenvalue weighted by atomic mass is 10.1. The summed E-state index contributed by atoms with van der Waals surface area (Å²) in [4.78, 5) is 34.4. The van der Waals surface area contributed by atoms with Crippen molar-refractivity contribution in [1.29, 1.82) is 0 Å². The standard InChI is InChI=1S/C21H25N3O2S/c1-13-4-7-17(14(2)12-13)19-22-15(3)18(27-19)21(26)24-10-8-23(9-11-24)20(25)16-5-6-16/h4,7,12,16H,5-6,8-11H2,1-3H3. The Kier molecular flexibility index (Phi) is 4.76. The van der Waals surface area contributed by atoms with Crippen LogP contribution in [0.2, 0.25) is 0 Å². The minimum atomic E-state index is 0.0412. The van der Waals surface area contributed by atoms with Gasteiger partial charge in [-0.2, -0.15) is 0 Å². The fourth-order valence-corrected chi connectivity index (χ4v) is 4.75. The van der Waals surface area contributed by atoms with E-state index in [0.29, 0.717) is 31.1 Å². The van der Waals surface area contributed by atoms with Gasteiger partial charge in [-0.3, -0.25) is 9.59 Å². The van der Waals surface area contributed by atoms with Crippen molar-refractivity contribution in [2.75, 3.05) is 26.2 Å². The van der Waals surface area contributed by atoms with Crippen molar-refractivity contribution in [3.05, 3.63) is 39.9 Å². The van der Waals surface area contributed by atoms with Crippen molar-refractivity contribution in [3.63, 3.8) is 0 Å². The van der Waals surface area contributed by atoms with Crippen LogP contribution in [0.1, 0.15) is 39.3 Å². The molecule has 1 aliphatic heterocycles. The lowest BCUT2D eigenvalue weighted by molar-refractivity contribution is -0.134. The third kappa shape index (κ3) is 3.63.